The quantitative estimate of drug-likeness (QED) is 0.729. The maximum Gasteiger partial charge on any atom is 0.115 e. The molecule has 0 amide bonds. The zero-order chi connectivity index (χ0) is 12.7. The molecular weight excluding hydrogens is 253 g/mol. The van der Waals surface area contributed by atoms with Crippen LogP contribution < -0.4 is 0 Å². The van der Waals surface area contributed by atoms with E-state index in [0.29, 0.717) is 10.2 Å². The second-order valence-corrected chi connectivity index (χ2v) is 5.19. The van der Waals surface area contributed by atoms with Crippen LogP contribution in [0.1, 0.15) is 22.4 Å². The van der Waals surface area contributed by atoms with E-state index in [-0.39, 0.29) is 0 Å². The maximum absolute atomic E-state index is 6.30. The molecule has 0 aliphatic carbocycles. The Labute approximate surface area is 112 Å². The lowest BCUT2D eigenvalue weighted by Gasteiger charge is -2.11. The number of aromatic amines is 1. The van der Waals surface area contributed by atoms with Gasteiger partial charge in [0.15, 0.2) is 0 Å². The molecule has 0 spiro atoms. The van der Waals surface area contributed by atoms with E-state index < -0.39 is 0 Å². The van der Waals surface area contributed by atoms with E-state index in [4.69, 9.17) is 23.2 Å². The van der Waals surface area contributed by atoms with E-state index in [2.05, 4.69) is 37.9 Å². The van der Waals surface area contributed by atoms with Crippen molar-refractivity contribution in [2.24, 2.45) is 0 Å². The summed E-state index contributed by atoms with van der Waals surface area (Å²) in [4.78, 5) is 3.07. The Bertz CT molecular complexity index is 582. The molecule has 0 atom stereocenters. The molecular formula is C14H15Cl2N. The van der Waals surface area contributed by atoms with E-state index >= 15 is 0 Å². The van der Waals surface area contributed by atoms with Crippen LogP contribution >= 0.6 is 23.2 Å². The van der Waals surface area contributed by atoms with Gasteiger partial charge in [0.25, 0.3) is 0 Å². The van der Waals surface area contributed by atoms with Crippen LogP contribution in [0.2, 0.25) is 10.2 Å². The van der Waals surface area contributed by atoms with E-state index in [1.54, 1.807) is 0 Å². The molecule has 1 aromatic heterocycles. The minimum atomic E-state index is 0.610. The summed E-state index contributed by atoms with van der Waals surface area (Å²) in [5.41, 5.74) is 6.72. The van der Waals surface area contributed by atoms with Crippen molar-refractivity contribution in [3.8, 4) is 11.1 Å². The maximum atomic E-state index is 6.30. The van der Waals surface area contributed by atoms with Gasteiger partial charge in [0.1, 0.15) is 5.15 Å². The number of rotatable bonds is 1. The summed E-state index contributed by atoms with van der Waals surface area (Å²) in [6.45, 7) is 8.26. The molecule has 2 aromatic rings. The van der Waals surface area contributed by atoms with E-state index in [1.165, 1.54) is 16.7 Å². The molecule has 0 saturated heterocycles. The fraction of sp³-hybridized carbons (Fsp3) is 0.286. The van der Waals surface area contributed by atoms with Crippen molar-refractivity contribution in [3.63, 3.8) is 0 Å². The molecule has 0 fully saturated rings. The monoisotopic (exact) mass is 267 g/mol. The molecule has 0 bridgehead atoms. The molecule has 0 saturated carbocycles. The van der Waals surface area contributed by atoms with Crippen LogP contribution in [-0.4, -0.2) is 4.98 Å². The normalized spacial score (nSPS) is 10.9. The topological polar surface area (TPSA) is 15.8 Å². The SMILES string of the molecule is Cc1ccc(-c2c(Cl)[nH]c(C)c2Cl)c(C)c1C. The van der Waals surface area contributed by atoms with Crippen LogP contribution in [0, 0.1) is 27.7 Å². The predicted molar refractivity (Wildman–Crippen MR) is 75.2 cm³/mol. The molecule has 3 heteroatoms. The Morgan fingerprint density at radius 2 is 1.59 bits per heavy atom. The lowest BCUT2D eigenvalue weighted by molar-refractivity contribution is 1.26. The van der Waals surface area contributed by atoms with Crippen molar-refractivity contribution in [3.05, 3.63) is 44.7 Å². The van der Waals surface area contributed by atoms with Gasteiger partial charge in [-0.3, -0.25) is 0 Å². The Balaban J connectivity index is 2.73. The molecule has 2 rings (SSSR count). The first-order chi connectivity index (χ1) is 7.93. The van der Waals surface area contributed by atoms with Crippen LogP contribution in [0.15, 0.2) is 12.1 Å². The van der Waals surface area contributed by atoms with E-state index in [1.807, 2.05) is 6.92 Å². The highest BCUT2D eigenvalue weighted by Gasteiger charge is 2.16. The molecule has 0 aliphatic rings. The third-order valence-electron chi connectivity index (χ3n) is 3.39. The van der Waals surface area contributed by atoms with Gasteiger partial charge in [-0.2, -0.15) is 0 Å². The summed E-state index contributed by atoms with van der Waals surface area (Å²) in [6.07, 6.45) is 0. The predicted octanol–water partition coefficient (Wildman–Crippen LogP) is 5.22. The molecule has 0 radical (unpaired) electrons. The number of halogens is 2. The van der Waals surface area contributed by atoms with Gasteiger partial charge >= 0.3 is 0 Å². The summed E-state index contributed by atoms with van der Waals surface area (Å²) in [5, 5.41) is 1.32. The summed E-state index contributed by atoms with van der Waals surface area (Å²) in [6, 6.07) is 4.19. The largest absolute Gasteiger partial charge is 0.348 e. The number of benzene rings is 1. The lowest BCUT2D eigenvalue weighted by Crippen LogP contribution is -1.90. The second-order valence-electron chi connectivity index (χ2n) is 4.43. The number of nitrogens with one attached hydrogen (secondary N) is 1. The van der Waals surface area contributed by atoms with Crippen LogP contribution in [0.5, 0.6) is 0 Å². The lowest BCUT2D eigenvalue weighted by atomic mass is 9.95. The first-order valence-electron chi connectivity index (χ1n) is 5.54. The van der Waals surface area contributed by atoms with Crippen LogP contribution in [0.4, 0.5) is 0 Å². The number of H-pyrrole nitrogens is 1. The van der Waals surface area contributed by atoms with Crippen molar-refractivity contribution in [1.82, 2.24) is 4.98 Å². The fourth-order valence-electron chi connectivity index (χ4n) is 2.03. The molecule has 17 heavy (non-hydrogen) atoms. The molecule has 0 aliphatic heterocycles. The van der Waals surface area contributed by atoms with Gasteiger partial charge in [0.2, 0.25) is 0 Å². The van der Waals surface area contributed by atoms with Gasteiger partial charge in [-0.25, -0.2) is 0 Å². The van der Waals surface area contributed by atoms with Gasteiger partial charge in [-0.1, -0.05) is 35.3 Å². The van der Waals surface area contributed by atoms with Crippen molar-refractivity contribution in [2.75, 3.05) is 0 Å². The van der Waals surface area contributed by atoms with Gasteiger partial charge in [0, 0.05) is 11.3 Å². The highest BCUT2D eigenvalue weighted by atomic mass is 35.5. The van der Waals surface area contributed by atoms with E-state index in [9.17, 15) is 0 Å². The highest BCUT2D eigenvalue weighted by molar-refractivity contribution is 6.39. The first kappa shape index (κ1) is 12.5. The van der Waals surface area contributed by atoms with Crippen LogP contribution in [0.3, 0.4) is 0 Å². The smallest absolute Gasteiger partial charge is 0.115 e. The third kappa shape index (κ3) is 1.98. The summed E-state index contributed by atoms with van der Waals surface area (Å²) in [7, 11) is 0. The van der Waals surface area contributed by atoms with Crippen molar-refractivity contribution < 1.29 is 0 Å². The average molecular weight is 268 g/mol. The minimum Gasteiger partial charge on any atom is -0.348 e. The van der Waals surface area contributed by atoms with Gasteiger partial charge in [0.05, 0.1) is 5.02 Å². The zero-order valence-corrected chi connectivity index (χ0v) is 11.9. The second kappa shape index (κ2) is 4.40. The molecule has 90 valence electrons. The number of hydrogen-bond donors (Lipinski definition) is 1. The third-order valence-corrected chi connectivity index (χ3v) is 4.15. The standard InChI is InChI=1S/C14H15Cl2N/c1-7-5-6-11(9(3)8(7)2)12-13(15)10(4)17-14(12)16/h5-6,17H,1-4H3. The zero-order valence-electron chi connectivity index (χ0n) is 10.4. The van der Waals surface area contributed by atoms with Gasteiger partial charge < -0.3 is 4.98 Å². The summed E-state index contributed by atoms with van der Waals surface area (Å²) < 4.78 is 0. The highest BCUT2D eigenvalue weighted by Crippen LogP contribution is 2.39. The Morgan fingerprint density at radius 3 is 2.12 bits per heavy atom. The summed E-state index contributed by atoms with van der Waals surface area (Å²) in [5.74, 6) is 0. The Kier molecular flexibility index (Phi) is 3.24. The van der Waals surface area contributed by atoms with Gasteiger partial charge in [-0.05, 0) is 49.9 Å². The molecule has 0 unspecified atom stereocenters. The minimum absolute atomic E-state index is 0.610. The molecule has 1 heterocycles. The molecule has 1 aromatic carbocycles. The van der Waals surface area contributed by atoms with Gasteiger partial charge in [-0.15, -0.1) is 0 Å². The van der Waals surface area contributed by atoms with Crippen LogP contribution in [0.25, 0.3) is 11.1 Å². The average Bonchev–Trinajstić information content (AvgIpc) is 2.52. The number of aromatic nitrogens is 1. The molecule has 1 nitrogen and oxygen atoms in total. The van der Waals surface area contributed by atoms with E-state index in [0.717, 1.165) is 16.8 Å². The fourth-order valence-corrected chi connectivity index (χ4v) is 2.66. The van der Waals surface area contributed by atoms with Crippen molar-refractivity contribution in [2.45, 2.75) is 27.7 Å². The number of aryl methyl sites for hydroxylation is 2. The van der Waals surface area contributed by atoms with Crippen LogP contribution in [-0.2, 0) is 0 Å². The van der Waals surface area contributed by atoms with Crippen molar-refractivity contribution >= 4 is 23.2 Å². The van der Waals surface area contributed by atoms with Crippen molar-refractivity contribution in [1.29, 1.82) is 0 Å². The first-order valence-corrected chi connectivity index (χ1v) is 6.29. The molecule has 1 N–H and O–H groups in total. The Hall–Kier alpha value is -0.920. The number of hydrogen-bond acceptors (Lipinski definition) is 0. The summed E-state index contributed by atoms with van der Waals surface area (Å²) >= 11 is 12.5. The Morgan fingerprint density at radius 1 is 0.941 bits per heavy atom.